The van der Waals surface area contributed by atoms with Crippen LogP contribution in [0.2, 0.25) is 0 Å². The van der Waals surface area contributed by atoms with E-state index in [1.54, 1.807) is 12.3 Å². The highest BCUT2D eigenvalue weighted by Crippen LogP contribution is 2.38. The van der Waals surface area contributed by atoms with Gasteiger partial charge in [-0.15, -0.1) is 0 Å². The fraction of sp³-hybridized carbons (Fsp3) is 0.421. The molecule has 0 radical (unpaired) electrons. The molecule has 1 saturated carbocycles. The topological polar surface area (TPSA) is 65.7 Å². The van der Waals surface area contributed by atoms with E-state index >= 15 is 0 Å². The molecular formula is C19H22N2O3. The van der Waals surface area contributed by atoms with Gasteiger partial charge in [0, 0.05) is 6.04 Å². The maximum absolute atomic E-state index is 12.9. The Bertz CT molecular complexity index is 737. The third-order valence-electron chi connectivity index (χ3n) is 5.09. The fourth-order valence-corrected chi connectivity index (χ4v) is 3.69. The van der Waals surface area contributed by atoms with Crippen LogP contribution in [-0.4, -0.2) is 22.1 Å². The summed E-state index contributed by atoms with van der Waals surface area (Å²) < 4.78 is 5.49. The molecule has 2 atom stereocenters. The van der Waals surface area contributed by atoms with E-state index in [-0.39, 0.29) is 24.2 Å². The molecule has 2 aliphatic rings. The summed E-state index contributed by atoms with van der Waals surface area (Å²) in [6.45, 7) is 2.01. The Morgan fingerprint density at radius 2 is 2.12 bits per heavy atom. The van der Waals surface area contributed by atoms with Crippen molar-refractivity contribution in [3.8, 4) is 5.75 Å². The second kappa shape index (κ2) is 5.89. The van der Waals surface area contributed by atoms with E-state index < -0.39 is 0 Å². The van der Waals surface area contributed by atoms with Crippen LogP contribution in [0.15, 0.2) is 41.0 Å². The van der Waals surface area contributed by atoms with Gasteiger partial charge in [-0.3, -0.25) is 0 Å². The Morgan fingerprint density at radius 3 is 2.83 bits per heavy atom. The third-order valence-corrected chi connectivity index (χ3v) is 5.09. The Balaban J connectivity index is 1.52. The fourth-order valence-electron chi connectivity index (χ4n) is 3.69. The lowest BCUT2D eigenvalue weighted by atomic mass is 10.1. The predicted molar refractivity (Wildman–Crippen MR) is 89.7 cm³/mol. The van der Waals surface area contributed by atoms with Gasteiger partial charge in [-0.2, -0.15) is 0 Å². The molecule has 0 saturated heterocycles. The van der Waals surface area contributed by atoms with Crippen molar-refractivity contribution in [2.45, 2.75) is 50.7 Å². The Kier molecular flexibility index (Phi) is 3.71. The maximum Gasteiger partial charge on any atom is 0.318 e. The molecular weight excluding hydrogens is 304 g/mol. The zero-order valence-corrected chi connectivity index (χ0v) is 13.7. The van der Waals surface area contributed by atoms with E-state index in [0.29, 0.717) is 5.75 Å². The van der Waals surface area contributed by atoms with Crippen molar-refractivity contribution >= 4 is 6.03 Å². The van der Waals surface area contributed by atoms with Crippen LogP contribution in [0.1, 0.15) is 55.2 Å². The van der Waals surface area contributed by atoms with Crippen molar-refractivity contribution in [1.82, 2.24) is 10.2 Å². The van der Waals surface area contributed by atoms with E-state index in [0.717, 1.165) is 42.6 Å². The number of hydrogen-bond acceptors (Lipinski definition) is 3. The molecule has 5 nitrogen and oxygen atoms in total. The van der Waals surface area contributed by atoms with Crippen LogP contribution in [0.25, 0.3) is 0 Å². The quantitative estimate of drug-likeness (QED) is 0.895. The van der Waals surface area contributed by atoms with Crippen LogP contribution in [0.3, 0.4) is 0 Å². The van der Waals surface area contributed by atoms with E-state index in [1.165, 1.54) is 0 Å². The summed E-state index contributed by atoms with van der Waals surface area (Å²) in [6.07, 6.45) is 5.35. The molecule has 1 fully saturated rings. The van der Waals surface area contributed by atoms with Gasteiger partial charge in [-0.1, -0.05) is 12.1 Å². The summed E-state index contributed by atoms with van der Waals surface area (Å²) in [5.41, 5.74) is 1.99. The lowest BCUT2D eigenvalue weighted by Gasteiger charge is -2.30. The Morgan fingerprint density at radius 1 is 1.29 bits per heavy atom. The van der Waals surface area contributed by atoms with Gasteiger partial charge in [0.1, 0.15) is 11.5 Å². The molecule has 2 unspecified atom stereocenters. The number of aromatic hydroxyl groups is 1. The summed E-state index contributed by atoms with van der Waals surface area (Å²) in [7, 11) is 0. The monoisotopic (exact) mass is 326 g/mol. The second-order valence-corrected chi connectivity index (χ2v) is 6.72. The highest BCUT2D eigenvalue weighted by molar-refractivity contribution is 5.76. The van der Waals surface area contributed by atoms with Crippen molar-refractivity contribution in [3.05, 3.63) is 53.5 Å². The molecule has 126 valence electrons. The van der Waals surface area contributed by atoms with Gasteiger partial charge in [0.05, 0.1) is 18.3 Å². The smallest absolute Gasteiger partial charge is 0.318 e. The molecule has 2 aromatic rings. The Labute approximate surface area is 141 Å². The standard InChI is InChI=1S/C19H22N2O3/c1-12(18-6-3-11-24-18)21(13-7-8-13)19(23)20-16-10-9-15-14(16)4-2-5-17(15)22/h2-6,11-13,16,22H,7-10H2,1H3,(H,20,23). The first-order valence-corrected chi connectivity index (χ1v) is 8.58. The molecule has 1 aromatic carbocycles. The van der Waals surface area contributed by atoms with Gasteiger partial charge >= 0.3 is 6.03 Å². The highest BCUT2D eigenvalue weighted by atomic mass is 16.3. The van der Waals surface area contributed by atoms with Gasteiger partial charge < -0.3 is 19.7 Å². The summed E-state index contributed by atoms with van der Waals surface area (Å²) in [6, 6.07) is 9.41. The Hall–Kier alpha value is -2.43. The van der Waals surface area contributed by atoms with Crippen LogP contribution in [-0.2, 0) is 6.42 Å². The first kappa shape index (κ1) is 15.1. The van der Waals surface area contributed by atoms with Crippen LogP contribution in [0.5, 0.6) is 5.75 Å². The summed E-state index contributed by atoms with van der Waals surface area (Å²) in [4.78, 5) is 14.8. The van der Waals surface area contributed by atoms with Crippen molar-refractivity contribution in [2.24, 2.45) is 0 Å². The van der Waals surface area contributed by atoms with Crippen LogP contribution in [0, 0.1) is 0 Å². The summed E-state index contributed by atoms with van der Waals surface area (Å²) >= 11 is 0. The first-order valence-electron chi connectivity index (χ1n) is 8.58. The number of benzene rings is 1. The molecule has 4 rings (SSSR count). The summed E-state index contributed by atoms with van der Waals surface area (Å²) in [5, 5.41) is 13.1. The van der Waals surface area contributed by atoms with Gasteiger partial charge in [-0.05, 0) is 61.9 Å². The zero-order valence-electron chi connectivity index (χ0n) is 13.7. The number of urea groups is 1. The lowest BCUT2D eigenvalue weighted by molar-refractivity contribution is 0.162. The van der Waals surface area contributed by atoms with Crippen LogP contribution >= 0.6 is 0 Å². The van der Waals surface area contributed by atoms with Gasteiger partial charge in [0.25, 0.3) is 0 Å². The number of amides is 2. The lowest BCUT2D eigenvalue weighted by Crippen LogP contribution is -2.43. The largest absolute Gasteiger partial charge is 0.508 e. The molecule has 1 aromatic heterocycles. The SMILES string of the molecule is CC(c1ccco1)N(C(=O)NC1CCc2c(O)cccc21)C1CC1. The average Bonchev–Trinajstić information content (AvgIpc) is 3.09. The molecule has 24 heavy (non-hydrogen) atoms. The minimum Gasteiger partial charge on any atom is -0.508 e. The number of phenolic OH excluding ortho intramolecular Hbond substituents is 1. The van der Waals surface area contributed by atoms with Gasteiger partial charge in [0.2, 0.25) is 0 Å². The van der Waals surface area contributed by atoms with Crippen LogP contribution < -0.4 is 5.32 Å². The zero-order chi connectivity index (χ0) is 16.7. The van der Waals surface area contributed by atoms with Crippen molar-refractivity contribution in [1.29, 1.82) is 0 Å². The highest BCUT2D eigenvalue weighted by Gasteiger charge is 2.38. The number of furan rings is 1. The molecule has 5 heteroatoms. The molecule has 0 aliphatic heterocycles. The molecule has 1 heterocycles. The number of phenols is 1. The number of nitrogens with one attached hydrogen (secondary N) is 1. The minimum atomic E-state index is -0.0856. The van der Waals surface area contributed by atoms with Gasteiger partial charge in [-0.25, -0.2) is 4.79 Å². The summed E-state index contributed by atoms with van der Waals surface area (Å²) in [5.74, 6) is 1.13. The van der Waals surface area contributed by atoms with Crippen molar-refractivity contribution in [2.75, 3.05) is 0 Å². The average molecular weight is 326 g/mol. The number of carbonyl (C=O) groups excluding carboxylic acids is 1. The minimum absolute atomic E-state index is 0.0374. The van der Waals surface area contributed by atoms with E-state index in [9.17, 15) is 9.90 Å². The van der Waals surface area contributed by atoms with E-state index in [4.69, 9.17) is 4.42 Å². The van der Waals surface area contributed by atoms with Crippen LogP contribution in [0.4, 0.5) is 4.79 Å². The number of hydrogen-bond donors (Lipinski definition) is 2. The van der Waals surface area contributed by atoms with E-state index in [2.05, 4.69) is 5.32 Å². The van der Waals surface area contributed by atoms with Gasteiger partial charge in [0.15, 0.2) is 0 Å². The predicted octanol–water partition coefficient (Wildman–Crippen LogP) is 3.91. The third kappa shape index (κ3) is 2.64. The van der Waals surface area contributed by atoms with Crippen molar-refractivity contribution in [3.63, 3.8) is 0 Å². The number of nitrogens with zero attached hydrogens (tertiary/aromatic N) is 1. The second-order valence-electron chi connectivity index (χ2n) is 6.72. The molecule has 0 spiro atoms. The number of carbonyl (C=O) groups is 1. The number of fused-ring (bicyclic) bond motifs is 1. The normalized spacial score (nSPS) is 20.5. The molecule has 0 bridgehead atoms. The molecule has 2 amide bonds. The van der Waals surface area contributed by atoms with Crippen molar-refractivity contribution < 1.29 is 14.3 Å². The molecule has 2 aliphatic carbocycles. The maximum atomic E-state index is 12.9. The number of rotatable bonds is 4. The van der Waals surface area contributed by atoms with E-state index in [1.807, 2.05) is 36.1 Å². The first-order chi connectivity index (χ1) is 11.6. The molecule has 2 N–H and O–H groups in total.